The Hall–Kier alpha value is -2.80. The van der Waals surface area contributed by atoms with E-state index in [0.717, 1.165) is 52.9 Å². The summed E-state index contributed by atoms with van der Waals surface area (Å²) >= 11 is 1.54. The maximum Gasteiger partial charge on any atom is 0.231 e. The molecule has 0 N–H and O–H groups in total. The molecule has 0 radical (unpaired) electrons. The van der Waals surface area contributed by atoms with Crippen LogP contribution in [0.3, 0.4) is 0 Å². The number of aromatic nitrogens is 3. The van der Waals surface area contributed by atoms with Crippen LogP contribution in [0.4, 0.5) is 0 Å². The van der Waals surface area contributed by atoms with Gasteiger partial charge in [0.05, 0.1) is 11.8 Å². The van der Waals surface area contributed by atoms with Gasteiger partial charge in [0, 0.05) is 12.0 Å². The van der Waals surface area contributed by atoms with Crippen molar-refractivity contribution >= 4 is 17.5 Å². The molecule has 1 atom stereocenters. The van der Waals surface area contributed by atoms with E-state index in [-0.39, 0.29) is 12.0 Å². The fourth-order valence-electron chi connectivity index (χ4n) is 3.74. The van der Waals surface area contributed by atoms with Crippen molar-refractivity contribution in [3.63, 3.8) is 0 Å². The SMILES string of the molecule is O=C1CCCC[C@@H]1Sc1nnc(-c2ccccc2)n1Cc1ccc2c(c1)OCO2. The normalized spacial score (nSPS) is 18.2. The molecule has 0 bridgehead atoms. The predicted octanol–water partition coefficient (Wildman–Crippen LogP) is 4.33. The van der Waals surface area contributed by atoms with Crippen LogP contribution in [0, 0.1) is 0 Å². The summed E-state index contributed by atoms with van der Waals surface area (Å²) in [5.41, 5.74) is 2.07. The summed E-state index contributed by atoms with van der Waals surface area (Å²) in [6.07, 6.45) is 3.65. The Balaban J connectivity index is 1.50. The van der Waals surface area contributed by atoms with E-state index in [9.17, 15) is 4.79 Å². The van der Waals surface area contributed by atoms with Gasteiger partial charge in [0.25, 0.3) is 0 Å². The monoisotopic (exact) mass is 407 g/mol. The maximum absolute atomic E-state index is 12.4. The molecule has 1 aliphatic carbocycles. The first-order valence-electron chi connectivity index (χ1n) is 9.84. The second-order valence-electron chi connectivity index (χ2n) is 7.26. The van der Waals surface area contributed by atoms with Crippen LogP contribution in [-0.4, -0.2) is 32.6 Å². The molecule has 1 saturated carbocycles. The van der Waals surface area contributed by atoms with Gasteiger partial charge in [0.15, 0.2) is 22.5 Å². The van der Waals surface area contributed by atoms with Crippen molar-refractivity contribution in [3.8, 4) is 22.9 Å². The number of carbonyl (C=O) groups is 1. The summed E-state index contributed by atoms with van der Waals surface area (Å²) in [6, 6.07) is 16.0. The lowest BCUT2D eigenvalue weighted by Gasteiger charge is -2.20. The van der Waals surface area contributed by atoms with E-state index in [4.69, 9.17) is 9.47 Å². The summed E-state index contributed by atoms with van der Waals surface area (Å²) in [6.45, 7) is 0.850. The zero-order chi connectivity index (χ0) is 19.6. The fraction of sp³-hybridized carbons (Fsp3) is 0.318. The van der Waals surface area contributed by atoms with Crippen molar-refractivity contribution in [1.29, 1.82) is 0 Å². The molecule has 5 rings (SSSR count). The predicted molar refractivity (Wildman–Crippen MR) is 110 cm³/mol. The molecule has 1 aliphatic heterocycles. The van der Waals surface area contributed by atoms with E-state index in [0.29, 0.717) is 18.7 Å². The van der Waals surface area contributed by atoms with Crippen molar-refractivity contribution in [2.45, 2.75) is 42.6 Å². The summed E-state index contributed by atoms with van der Waals surface area (Å²) in [5, 5.41) is 9.67. The second-order valence-corrected chi connectivity index (χ2v) is 8.43. The van der Waals surface area contributed by atoms with Crippen LogP contribution >= 0.6 is 11.8 Å². The lowest BCUT2D eigenvalue weighted by Crippen LogP contribution is -2.22. The molecule has 3 aromatic rings. The van der Waals surface area contributed by atoms with E-state index in [1.165, 1.54) is 0 Å². The van der Waals surface area contributed by atoms with Gasteiger partial charge in [-0.15, -0.1) is 10.2 Å². The molecule has 2 heterocycles. The summed E-state index contributed by atoms with van der Waals surface area (Å²) < 4.78 is 13.0. The largest absolute Gasteiger partial charge is 0.454 e. The molecule has 1 aromatic heterocycles. The number of rotatable bonds is 5. The molecule has 6 nitrogen and oxygen atoms in total. The lowest BCUT2D eigenvalue weighted by atomic mass is 9.99. The molecular formula is C22H21N3O3S. The fourth-order valence-corrected chi connectivity index (χ4v) is 4.90. The van der Waals surface area contributed by atoms with Crippen molar-refractivity contribution in [2.75, 3.05) is 6.79 Å². The Bertz CT molecular complexity index is 1040. The summed E-state index contributed by atoms with van der Waals surface area (Å²) in [5.74, 6) is 2.64. The van der Waals surface area contributed by atoms with Crippen molar-refractivity contribution in [1.82, 2.24) is 14.8 Å². The molecular weight excluding hydrogens is 386 g/mol. The molecule has 148 valence electrons. The van der Waals surface area contributed by atoms with Gasteiger partial charge in [-0.3, -0.25) is 9.36 Å². The highest BCUT2D eigenvalue weighted by Gasteiger charge is 2.26. The quantitative estimate of drug-likeness (QED) is 0.627. The van der Waals surface area contributed by atoms with Crippen molar-refractivity contribution in [3.05, 3.63) is 54.1 Å². The van der Waals surface area contributed by atoms with Gasteiger partial charge >= 0.3 is 0 Å². The lowest BCUT2D eigenvalue weighted by molar-refractivity contribution is -0.119. The van der Waals surface area contributed by atoms with Gasteiger partial charge in [0.1, 0.15) is 5.78 Å². The van der Waals surface area contributed by atoms with E-state index in [2.05, 4.69) is 14.8 Å². The third kappa shape index (κ3) is 3.74. The third-order valence-electron chi connectivity index (χ3n) is 5.27. The number of carbonyl (C=O) groups excluding carboxylic acids is 1. The number of fused-ring (bicyclic) bond motifs is 1. The minimum atomic E-state index is -0.0351. The van der Waals surface area contributed by atoms with Crippen LogP contribution in [0.1, 0.15) is 31.2 Å². The van der Waals surface area contributed by atoms with E-state index >= 15 is 0 Å². The number of ether oxygens (including phenoxy) is 2. The van der Waals surface area contributed by atoms with E-state index in [1.807, 2.05) is 48.5 Å². The number of ketones is 1. The van der Waals surface area contributed by atoms with E-state index in [1.54, 1.807) is 11.8 Å². The van der Waals surface area contributed by atoms with Gasteiger partial charge < -0.3 is 9.47 Å². The first kappa shape index (κ1) is 18.2. The van der Waals surface area contributed by atoms with Crippen LogP contribution in [0.15, 0.2) is 53.7 Å². The molecule has 0 spiro atoms. The Morgan fingerprint density at radius 3 is 2.76 bits per heavy atom. The van der Waals surface area contributed by atoms with Crippen molar-refractivity contribution < 1.29 is 14.3 Å². The number of thioether (sulfide) groups is 1. The highest BCUT2D eigenvalue weighted by atomic mass is 32.2. The topological polar surface area (TPSA) is 66.2 Å². The van der Waals surface area contributed by atoms with Crippen LogP contribution < -0.4 is 9.47 Å². The number of nitrogens with zero attached hydrogens (tertiary/aromatic N) is 3. The van der Waals surface area contributed by atoms with Gasteiger partial charge in [0.2, 0.25) is 6.79 Å². The number of hydrogen-bond acceptors (Lipinski definition) is 6. The summed E-state index contributed by atoms with van der Waals surface area (Å²) in [7, 11) is 0. The molecule has 0 amide bonds. The third-order valence-corrected chi connectivity index (χ3v) is 6.57. The van der Waals surface area contributed by atoms with Gasteiger partial charge in [-0.1, -0.05) is 54.6 Å². The summed E-state index contributed by atoms with van der Waals surface area (Å²) in [4.78, 5) is 12.4. The number of Topliss-reactive ketones (excluding diaryl/α,β-unsaturated/α-hetero) is 1. The van der Waals surface area contributed by atoms with Gasteiger partial charge in [-0.25, -0.2) is 0 Å². The second kappa shape index (κ2) is 7.91. The molecule has 2 aromatic carbocycles. The zero-order valence-corrected chi connectivity index (χ0v) is 16.7. The average Bonchev–Trinajstić information content (AvgIpc) is 3.37. The van der Waals surface area contributed by atoms with Crippen LogP contribution in [-0.2, 0) is 11.3 Å². The Kier molecular flexibility index (Phi) is 4.97. The minimum absolute atomic E-state index is 0.0351. The Morgan fingerprint density at radius 1 is 1.03 bits per heavy atom. The maximum atomic E-state index is 12.4. The highest BCUT2D eigenvalue weighted by molar-refractivity contribution is 8.00. The first-order chi connectivity index (χ1) is 14.3. The molecule has 0 saturated heterocycles. The average molecular weight is 407 g/mol. The standard InChI is InChI=1S/C22H21N3O3S/c26-17-8-4-5-9-20(17)29-22-24-23-21(16-6-2-1-3-7-16)25(22)13-15-10-11-18-19(12-15)28-14-27-18/h1-3,6-7,10-12,20H,4-5,8-9,13-14H2/t20-/m0/s1. The molecule has 1 fully saturated rings. The number of benzene rings is 2. The smallest absolute Gasteiger partial charge is 0.231 e. The molecule has 2 aliphatic rings. The Morgan fingerprint density at radius 2 is 1.90 bits per heavy atom. The van der Waals surface area contributed by atoms with Gasteiger partial charge in [-0.2, -0.15) is 0 Å². The van der Waals surface area contributed by atoms with Crippen LogP contribution in [0.25, 0.3) is 11.4 Å². The zero-order valence-electron chi connectivity index (χ0n) is 15.9. The van der Waals surface area contributed by atoms with Crippen molar-refractivity contribution in [2.24, 2.45) is 0 Å². The number of hydrogen-bond donors (Lipinski definition) is 0. The Labute approximate surface area is 173 Å². The van der Waals surface area contributed by atoms with E-state index < -0.39 is 0 Å². The minimum Gasteiger partial charge on any atom is -0.454 e. The first-order valence-corrected chi connectivity index (χ1v) is 10.7. The highest BCUT2D eigenvalue weighted by Crippen LogP contribution is 2.35. The van der Waals surface area contributed by atoms with Gasteiger partial charge in [-0.05, 0) is 30.5 Å². The molecule has 0 unspecified atom stereocenters. The molecule has 29 heavy (non-hydrogen) atoms. The molecule has 7 heteroatoms. The van der Waals surface area contributed by atoms with Crippen LogP contribution in [0.5, 0.6) is 11.5 Å². The van der Waals surface area contributed by atoms with Crippen LogP contribution in [0.2, 0.25) is 0 Å².